The van der Waals surface area contributed by atoms with Crippen molar-refractivity contribution in [3.05, 3.63) is 122 Å². The van der Waals surface area contributed by atoms with Crippen LogP contribution in [0.1, 0.15) is 323 Å². The van der Waals surface area contributed by atoms with E-state index in [2.05, 4.69) is 149 Å². The predicted octanol–water partition coefficient (Wildman–Crippen LogP) is 23.1. The Hall–Kier alpha value is -4.54. The van der Waals surface area contributed by atoms with Gasteiger partial charge in [-0.1, -0.05) is 258 Å². The van der Waals surface area contributed by atoms with Gasteiger partial charge < -0.3 is 33.8 Å². The highest BCUT2D eigenvalue weighted by molar-refractivity contribution is 7.47. The molecule has 19 heteroatoms. The molecule has 0 heterocycles. The Morgan fingerprint density at radius 1 is 0.284 bits per heavy atom. The van der Waals surface area contributed by atoms with E-state index in [-0.39, 0.29) is 25.7 Å². The van der Waals surface area contributed by atoms with Gasteiger partial charge in [0.1, 0.15) is 19.3 Å². The van der Waals surface area contributed by atoms with Crippen molar-refractivity contribution in [2.75, 3.05) is 39.6 Å². The van der Waals surface area contributed by atoms with Gasteiger partial charge in [-0.05, 0) is 161 Å². The van der Waals surface area contributed by atoms with Crippen molar-refractivity contribution in [3.8, 4) is 0 Å². The topological polar surface area (TPSA) is 237 Å². The fourth-order valence-corrected chi connectivity index (χ4v) is 11.9. The molecule has 17 nitrogen and oxygen atoms in total. The quantitative estimate of drug-likeness (QED) is 0.0169. The average Bonchev–Trinajstić information content (AvgIpc) is 0.908. The number of phosphoric acid groups is 2. The van der Waals surface area contributed by atoms with Crippen molar-refractivity contribution in [2.24, 2.45) is 0 Å². The molecule has 0 aromatic carbocycles. The first kappa shape index (κ1) is 97.5. The van der Waals surface area contributed by atoms with E-state index in [1.165, 1.54) is 64.2 Å². The second-order valence-corrected chi connectivity index (χ2v) is 29.2. The number of ether oxygens (including phenoxy) is 4. The van der Waals surface area contributed by atoms with Crippen molar-refractivity contribution in [2.45, 2.75) is 341 Å². The van der Waals surface area contributed by atoms with Gasteiger partial charge in [0.2, 0.25) is 0 Å². The standard InChI is InChI=1S/C83H142O17P2/c1-5-9-13-17-21-25-29-33-36-37-38-39-42-45-48-52-56-60-64-68-81(86)94-73-78(99-82(87)69-65-61-57-53-49-43-32-28-24-20-16-12-8-4)75-97-101(89,90)95-71-77(84)72-96-102(91,92)98-76-79(100-83(88)70-66-62-58-54-50-46-41-35-31-27-23-19-15-11-7-3)74-93-80(85)67-63-59-55-51-47-44-40-34-30-26-22-18-14-10-6-2/h9,13,21-23,25-28,32-36,38-41,45,48,77-79,84H,5-8,10-12,14-20,24,29-31,37,42-44,46-47,49-76H2,1-4H3,(H,89,90)(H,91,92)/b13-9-,25-21-,26-22-,27-23-,32-28-,36-33-,39-38-,40-34-,41-35-,48-45-. The van der Waals surface area contributed by atoms with Gasteiger partial charge in [-0.25, -0.2) is 9.13 Å². The second-order valence-electron chi connectivity index (χ2n) is 26.3. The molecule has 3 N–H and O–H groups in total. The lowest BCUT2D eigenvalue weighted by Gasteiger charge is -2.21. The summed E-state index contributed by atoms with van der Waals surface area (Å²) in [7, 11) is -9.98. The summed E-state index contributed by atoms with van der Waals surface area (Å²) in [6.07, 6.45) is 81.7. The Balaban J connectivity index is 5.40. The summed E-state index contributed by atoms with van der Waals surface area (Å²) < 4.78 is 68.5. The van der Waals surface area contributed by atoms with Gasteiger partial charge in [0.15, 0.2) is 12.2 Å². The van der Waals surface area contributed by atoms with Crippen LogP contribution in [0.4, 0.5) is 0 Å². The minimum absolute atomic E-state index is 0.0739. The highest BCUT2D eigenvalue weighted by Gasteiger charge is 2.30. The Bertz CT molecular complexity index is 2410. The predicted molar refractivity (Wildman–Crippen MR) is 418 cm³/mol. The van der Waals surface area contributed by atoms with Crippen molar-refractivity contribution in [3.63, 3.8) is 0 Å². The lowest BCUT2D eigenvalue weighted by atomic mass is 10.1. The second kappa shape index (κ2) is 74.7. The van der Waals surface area contributed by atoms with Gasteiger partial charge in [-0.3, -0.25) is 37.3 Å². The number of unbranched alkanes of at least 4 members (excludes halogenated alkanes) is 28. The van der Waals surface area contributed by atoms with Crippen molar-refractivity contribution < 1.29 is 80.2 Å². The molecule has 0 radical (unpaired) electrons. The van der Waals surface area contributed by atoms with E-state index >= 15 is 0 Å². The third-order valence-electron chi connectivity index (χ3n) is 16.4. The van der Waals surface area contributed by atoms with Crippen molar-refractivity contribution in [1.29, 1.82) is 0 Å². The summed E-state index contributed by atoms with van der Waals surface area (Å²) in [6.45, 7) is 4.63. The van der Waals surface area contributed by atoms with Crippen LogP contribution < -0.4 is 0 Å². The molecule has 0 aromatic rings. The lowest BCUT2D eigenvalue weighted by Crippen LogP contribution is -2.30. The van der Waals surface area contributed by atoms with E-state index in [9.17, 15) is 43.2 Å². The molecular weight excluding hydrogens is 1330 g/mol. The van der Waals surface area contributed by atoms with E-state index in [4.69, 9.17) is 37.0 Å². The Labute approximate surface area is 619 Å². The average molecular weight is 1470 g/mol. The largest absolute Gasteiger partial charge is 0.472 e. The van der Waals surface area contributed by atoms with Gasteiger partial charge >= 0.3 is 39.5 Å². The van der Waals surface area contributed by atoms with Gasteiger partial charge in [-0.15, -0.1) is 0 Å². The molecule has 102 heavy (non-hydrogen) atoms. The molecule has 0 aromatic heterocycles. The number of allylic oxidation sites excluding steroid dienone is 20. The monoisotopic (exact) mass is 1470 g/mol. The van der Waals surface area contributed by atoms with E-state index in [0.29, 0.717) is 25.7 Å². The van der Waals surface area contributed by atoms with Crippen LogP contribution in [0, 0.1) is 0 Å². The Kier molecular flexibility index (Phi) is 71.4. The van der Waals surface area contributed by atoms with E-state index < -0.39 is 97.5 Å². The molecule has 0 aliphatic heterocycles. The summed E-state index contributed by atoms with van der Waals surface area (Å²) in [5.74, 6) is -2.25. The Morgan fingerprint density at radius 2 is 0.510 bits per heavy atom. The van der Waals surface area contributed by atoms with Crippen LogP contribution in [0.15, 0.2) is 122 Å². The first-order valence-electron chi connectivity index (χ1n) is 39.8. The molecule has 5 atom stereocenters. The summed E-state index contributed by atoms with van der Waals surface area (Å²) >= 11 is 0. The third-order valence-corrected chi connectivity index (χ3v) is 18.3. The molecule has 0 aliphatic carbocycles. The minimum atomic E-state index is -4.99. The van der Waals surface area contributed by atoms with Crippen LogP contribution in [-0.2, 0) is 65.4 Å². The number of phosphoric ester groups is 2. The van der Waals surface area contributed by atoms with Crippen LogP contribution in [0.3, 0.4) is 0 Å². The normalized spacial score (nSPS) is 14.5. The molecule has 0 amide bonds. The number of hydrogen-bond acceptors (Lipinski definition) is 15. The first-order chi connectivity index (χ1) is 49.7. The number of rotatable bonds is 74. The zero-order valence-electron chi connectivity index (χ0n) is 64.0. The fraction of sp³-hybridized carbons (Fsp3) is 0.711. The Morgan fingerprint density at radius 3 is 0.824 bits per heavy atom. The summed E-state index contributed by atoms with van der Waals surface area (Å²) in [5, 5.41) is 10.6. The molecule has 0 bridgehead atoms. The maximum absolute atomic E-state index is 13.1. The van der Waals surface area contributed by atoms with Gasteiger partial charge in [0, 0.05) is 25.7 Å². The maximum atomic E-state index is 13.1. The highest BCUT2D eigenvalue weighted by Crippen LogP contribution is 2.45. The summed E-state index contributed by atoms with van der Waals surface area (Å²) in [5.41, 5.74) is 0. The molecule has 586 valence electrons. The van der Waals surface area contributed by atoms with Gasteiger partial charge in [-0.2, -0.15) is 0 Å². The number of aliphatic hydroxyl groups is 1. The molecule has 5 unspecified atom stereocenters. The third kappa shape index (κ3) is 73.8. The maximum Gasteiger partial charge on any atom is 0.472 e. The summed E-state index contributed by atoms with van der Waals surface area (Å²) in [6, 6.07) is 0. The molecule has 0 aliphatic rings. The summed E-state index contributed by atoms with van der Waals surface area (Å²) in [4.78, 5) is 73.0. The molecule has 0 saturated carbocycles. The van der Waals surface area contributed by atoms with E-state index in [1.807, 2.05) is 0 Å². The van der Waals surface area contributed by atoms with Crippen LogP contribution in [-0.4, -0.2) is 96.7 Å². The minimum Gasteiger partial charge on any atom is -0.462 e. The van der Waals surface area contributed by atoms with Crippen LogP contribution in [0.25, 0.3) is 0 Å². The number of aliphatic hydroxyl groups excluding tert-OH is 1. The number of carbonyl (C=O) groups is 4. The molecule has 0 spiro atoms. The van der Waals surface area contributed by atoms with Gasteiger partial charge in [0.25, 0.3) is 0 Å². The van der Waals surface area contributed by atoms with Crippen molar-refractivity contribution in [1.82, 2.24) is 0 Å². The van der Waals surface area contributed by atoms with E-state index in [0.717, 1.165) is 180 Å². The molecular formula is C83H142O17P2. The number of carbonyl (C=O) groups excluding carboxylic acids is 4. The zero-order valence-corrected chi connectivity index (χ0v) is 65.8. The van der Waals surface area contributed by atoms with Gasteiger partial charge in [0.05, 0.1) is 26.4 Å². The SMILES string of the molecule is CC/C=C\C/C=C\C/C=C\C/C=C\C/C=C\CCCCCC(=O)OCC(COP(=O)(O)OCC(O)COP(=O)(O)OCC(COC(=O)CCCCCCC/C=C\C/C=C\CCCCC)OC(=O)CCCCCCC/C=C\C/C=C\CCCCC)OC(=O)CCCCCCC/C=C\CCCCCC. The van der Waals surface area contributed by atoms with Crippen LogP contribution in [0.2, 0.25) is 0 Å². The highest BCUT2D eigenvalue weighted by atomic mass is 31.2. The van der Waals surface area contributed by atoms with Crippen molar-refractivity contribution >= 4 is 39.5 Å². The van der Waals surface area contributed by atoms with Crippen LogP contribution in [0.5, 0.6) is 0 Å². The lowest BCUT2D eigenvalue weighted by molar-refractivity contribution is -0.161. The smallest absolute Gasteiger partial charge is 0.462 e. The van der Waals surface area contributed by atoms with Crippen LogP contribution >= 0.6 is 15.6 Å². The number of esters is 4. The first-order valence-corrected chi connectivity index (χ1v) is 42.8. The number of hydrogen-bond donors (Lipinski definition) is 3. The molecule has 0 rings (SSSR count). The van der Waals surface area contributed by atoms with E-state index in [1.54, 1.807) is 0 Å². The molecule has 0 saturated heterocycles. The molecule has 0 fully saturated rings. The fourth-order valence-electron chi connectivity index (χ4n) is 10.3. The zero-order chi connectivity index (χ0) is 74.6.